The topological polar surface area (TPSA) is 35.2 Å². The first-order valence-corrected chi connectivity index (χ1v) is 5.22. The van der Waals surface area contributed by atoms with E-state index in [0.29, 0.717) is 0 Å². The molecule has 0 aliphatic heterocycles. The highest BCUT2D eigenvalue weighted by atomic mass is 19.3. The monoisotopic (exact) mass is 229 g/mol. The maximum atomic E-state index is 12.1. The minimum absolute atomic E-state index is 0.319. The van der Waals surface area contributed by atoms with Gasteiger partial charge in [0.05, 0.1) is 6.10 Å². The van der Waals surface area contributed by atoms with E-state index in [4.69, 9.17) is 10.5 Å². The number of hydrogen-bond donors (Lipinski definition) is 1. The fourth-order valence-corrected chi connectivity index (χ4v) is 1.58. The molecule has 0 amide bonds. The van der Waals surface area contributed by atoms with Gasteiger partial charge in [-0.3, -0.25) is 0 Å². The van der Waals surface area contributed by atoms with Crippen LogP contribution in [0.5, 0.6) is 0 Å². The molecule has 0 spiro atoms. The van der Waals surface area contributed by atoms with Crippen molar-refractivity contribution in [1.29, 1.82) is 0 Å². The van der Waals surface area contributed by atoms with Gasteiger partial charge < -0.3 is 10.5 Å². The van der Waals surface area contributed by atoms with E-state index < -0.39 is 19.1 Å². The van der Waals surface area contributed by atoms with Crippen LogP contribution in [0.2, 0.25) is 0 Å². The summed E-state index contributed by atoms with van der Waals surface area (Å²) in [7, 11) is 0. The maximum Gasteiger partial charge on any atom is 0.261 e. The molecule has 1 aromatic carbocycles. The van der Waals surface area contributed by atoms with E-state index in [2.05, 4.69) is 0 Å². The predicted molar refractivity (Wildman–Crippen MR) is 59.5 cm³/mol. The summed E-state index contributed by atoms with van der Waals surface area (Å²) in [6, 6.07) is 7.23. The molecular weight excluding hydrogens is 212 g/mol. The van der Waals surface area contributed by atoms with Crippen LogP contribution in [0.1, 0.15) is 24.2 Å². The Hall–Kier alpha value is -1.00. The van der Waals surface area contributed by atoms with Gasteiger partial charge >= 0.3 is 0 Å². The van der Waals surface area contributed by atoms with Gasteiger partial charge in [-0.15, -0.1) is 0 Å². The molecule has 0 saturated heterocycles. The summed E-state index contributed by atoms with van der Waals surface area (Å²) in [4.78, 5) is 0. The molecule has 2 nitrogen and oxygen atoms in total. The zero-order chi connectivity index (χ0) is 12.1. The lowest BCUT2D eigenvalue weighted by Gasteiger charge is -2.22. The summed E-state index contributed by atoms with van der Waals surface area (Å²) in [5, 5.41) is 0. The highest BCUT2D eigenvalue weighted by Crippen LogP contribution is 2.21. The quantitative estimate of drug-likeness (QED) is 0.842. The molecule has 90 valence electrons. The largest absolute Gasteiger partial charge is 0.366 e. The average molecular weight is 229 g/mol. The van der Waals surface area contributed by atoms with E-state index >= 15 is 0 Å². The van der Waals surface area contributed by atoms with Crippen molar-refractivity contribution >= 4 is 0 Å². The predicted octanol–water partition coefficient (Wildman–Crippen LogP) is 2.67. The lowest BCUT2D eigenvalue weighted by atomic mass is 10.0. The number of alkyl halides is 2. The van der Waals surface area contributed by atoms with Gasteiger partial charge in [-0.1, -0.05) is 29.8 Å². The minimum Gasteiger partial charge on any atom is -0.366 e. The number of aryl methyl sites for hydroxylation is 1. The van der Waals surface area contributed by atoms with Gasteiger partial charge in [0.2, 0.25) is 0 Å². The number of benzene rings is 1. The standard InChI is InChI=1S/C12H17F2NO/c1-8-4-3-5-10(6-8)12(9(2)15)16-7-11(13)14/h3-6,9,11-12H,7,15H2,1-2H3. The number of hydrogen-bond acceptors (Lipinski definition) is 2. The van der Waals surface area contributed by atoms with Crippen molar-refractivity contribution in [3.8, 4) is 0 Å². The highest BCUT2D eigenvalue weighted by molar-refractivity contribution is 5.25. The summed E-state index contributed by atoms with van der Waals surface area (Å²) in [5.74, 6) is 0. The Labute approximate surface area is 94.4 Å². The summed E-state index contributed by atoms with van der Waals surface area (Å²) in [6.45, 7) is 3.10. The molecule has 0 fully saturated rings. The van der Waals surface area contributed by atoms with Crippen LogP contribution in [0, 0.1) is 6.92 Å². The third-order valence-corrected chi connectivity index (χ3v) is 2.25. The maximum absolute atomic E-state index is 12.1. The van der Waals surface area contributed by atoms with Gasteiger partial charge in [0, 0.05) is 6.04 Å². The zero-order valence-corrected chi connectivity index (χ0v) is 9.49. The van der Waals surface area contributed by atoms with Crippen LogP contribution in [-0.2, 0) is 4.74 Å². The van der Waals surface area contributed by atoms with Crippen molar-refractivity contribution in [2.24, 2.45) is 5.73 Å². The molecule has 0 aliphatic carbocycles. The molecule has 16 heavy (non-hydrogen) atoms. The van der Waals surface area contributed by atoms with Gasteiger partial charge in [0.25, 0.3) is 6.43 Å². The first-order valence-electron chi connectivity index (χ1n) is 5.22. The highest BCUT2D eigenvalue weighted by Gasteiger charge is 2.18. The van der Waals surface area contributed by atoms with Crippen LogP contribution in [0.15, 0.2) is 24.3 Å². The second-order valence-electron chi connectivity index (χ2n) is 3.92. The van der Waals surface area contributed by atoms with Crippen LogP contribution in [0.3, 0.4) is 0 Å². The molecule has 0 bridgehead atoms. The van der Waals surface area contributed by atoms with Crippen molar-refractivity contribution < 1.29 is 13.5 Å². The Morgan fingerprint density at radius 3 is 2.56 bits per heavy atom. The van der Waals surface area contributed by atoms with Gasteiger partial charge in [0.1, 0.15) is 6.61 Å². The summed E-state index contributed by atoms with van der Waals surface area (Å²) < 4.78 is 29.3. The van der Waals surface area contributed by atoms with Crippen LogP contribution < -0.4 is 5.73 Å². The Kier molecular flexibility index (Phi) is 4.83. The Morgan fingerprint density at radius 2 is 2.06 bits per heavy atom. The van der Waals surface area contributed by atoms with Gasteiger partial charge in [-0.2, -0.15) is 0 Å². The first-order chi connectivity index (χ1) is 7.50. The zero-order valence-electron chi connectivity index (χ0n) is 9.49. The molecule has 0 aromatic heterocycles. The van der Waals surface area contributed by atoms with Crippen molar-refractivity contribution in [3.05, 3.63) is 35.4 Å². The molecule has 2 unspecified atom stereocenters. The van der Waals surface area contributed by atoms with E-state index in [1.165, 1.54) is 0 Å². The number of halogens is 2. The van der Waals surface area contributed by atoms with Crippen molar-refractivity contribution in [1.82, 2.24) is 0 Å². The van der Waals surface area contributed by atoms with E-state index in [-0.39, 0.29) is 6.04 Å². The average Bonchev–Trinajstić information content (AvgIpc) is 2.17. The third-order valence-electron chi connectivity index (χ3n) is 2.25. The Balaban J connectivity index is 2.77. The summed E-state index contributed by atoms with van der Waals surface area (Å²) in [5.41, 5.74) is 7.64. The van der Waals surface area contributed by atoms with E-state index in [0.717, 1.165) is 11.1 Å². The van der Waals surface area contributed by atoms with Gasteiger partial charge in [-0.25, -0.2) is 8.78 Å². The number of nitrogens with two attached hydrogens (primary N) is 1. The molecular formula is C12H17F2NO. The third kappa shape index (κ3) is 3.87. The van der Waals surface area contributed by atoms with Crippen molar-refractivity contribution in [2.75, 3.05) is 6.61 Å². The summed E-state index contributed by atoms with van der Waals surface area (Å²) >= 11 is 0. The Bertz CT molecular complexity index is 329. The molecule has 2 N–H and O–H groups in total. The fraction of sp³-hybridized carbons (Fsp3) is 0.500. The molecule has 1 rings (SSSR count). The molecule has 0 saturated carbocycles. The van der Waals surface area contributed by atoms with Gasteiger partial charge in [0.15, 0.2) is 0 Å². The lowest BCUT2D eigenvalue weighted by Crippen LogP contribution is -2.28. The van der Waals surface area contributed by atoms with Crippen molar-refractivity contribution in [3.63, 3.8) is 0 Å². The van der Waals surface area contributed by atoms with Crippen LogP contribution in [0.4, 0.5) is 8.78 Å². The van der Waals surface area contributed by atoms with Crippen molar-refractivity contribution in [2.45, 2.75) is 32.4 Å². The normalized spacial score (nSPS) is 15.1. The Morgan fingerprint density at radius 1 is 1.38 bits per heavy atom. The molecule has 0 aliphatic rings. The fourth-order valence-electron chi connectivity index (χ4n) is 1.58. The minimum atomic E-state index is -2.47. The smallest absolute Gasteiger partial charge is 0.261 e. The molecule has 2 atom stereocenters. The SMILES string of the molecule is Cc1cccc(C(OCC(F)F)C(C)N)c1. The van der Waals surface area contributed by atoms with Crippen LogP contribution in [0.25, 0.3) is 0 Å². The second kappa shape index (κ2) is 5.92. The molecule has 0 radical (unpaired) electrons. The first kappa shape index (κ1) is 13.1. The lowest BCUT2D eigenvalue weighted by molar-refractivity contribution is -0.0326. The van der Waals surface area contributed by atoms with E-state index in [1.807, 2.05) is 31.2 Å². The second-order valence-corrected chi connectivity index (χ2v) is 3.92. The van der Waals surface area contributed by atoms with Crippen LogP contribution in [-0.4, -0.2) is 19.1 Å². The number of ether oxygens (including phenoxy) is 1. The molecule has 1 aromatic rings. The molecule has 0 heterocycles. The summed E-state index contributed by atoms with van der Waals surface area (Å²) in [6.07, 6.45) is -2.94. The molecule has 4 heteroatoms. The van der Waals surface area contributed by atoms with Crippen LogP contribution >= 0.6 is 0 Å². The van der Waals surface area contributed by atoms with E-state index in [9.17, 15) is 8.78 Å². The van der Waals surface area contributed by atoms with Gasteiger partial charge in [-0.05, 0) is 19.4 Å². The van der Waals surface area contributed by atoms with E-state index in [1.54, 1.807) is 6.92 Å². The number of rotatable bonds is 5.